The van der Waals surface area contributed by atoms with E-state index in [0.717, 1.165) is 11.1 Å². The normalized spacial score (nSPS) is 15.9. The van der Waals surface area contributed by atoms with E-state index in [1.165, 1.54) is 12.0 Å². The van der Waals surface area contributed by atoms with Crippen LogP contribution < -0.4 is 15.0 Å². The molecule has 3 rings (SSSR count). The van der Waals surface area contributed by atoms with E-state index < -0.39 is 24.4 Å². The second-order valence-electron chi connectivity index (χ2n) is 7.00. The molecule has 1 aliphatic heterocycles. The standard InChI is InChI=1S/C22H24N2O5/c1-14-7-6-8-15(2)21(14)23-19(25)13-29-22(27)16-11-20(26)24(12-16)17-9-4-5-10-18(17)28-3/h4-10,16H,11-13H2,1-3H3,(H,23,25). The SMILES string of the molecule is COc1ccccc1N1CC(C(=O)OCC(=O)Nc2c(C)cccc2C)CC1=O. The Morgan fingerprint density at radius 1 is 1.10 bits per heavy atom. The minimum absolute atomic E-state index is 0.0371. The minimum Gasteiger partial charge on any atom is -0.495 e. The maximum Gasteiger partial charge on any atom is 0.311 e. The largest absolute Gasteiger partial charge is 0.495 e. The maximum absolute atomic E-state index is 12.4. The molecule has 2 aromatic rings. The van der Waals surface area contributed by atoms with Gasteiger partial charge in [0.15, 0.2) is 6.61 Å². The highest BCUT2D eigenvalue weighted by atomic mass is 16.5. The number of anilines is 2. The molecule has 29 heavy (non-hydrogen) atoms. The Morgan fingerprint density at radius 3 is 2.48 bits per heavy atom. The van der Waals surface area contributed by atoms with Crippen molar-refractivity contribution in [3.05, 3.63) is 53.6 Å². The van der Waals surface area contributed by atoms with Gasteiger partial charge in [-0.25, -0.2) is 0 Å². The highest BCUT2D eigenvalue weighted by molar-refractivity contribution is 6.01. The van der Waals surface area contributed by atoms with E-state index in [1.807, 2.05) is 38.1 Å². The van der Waals surface area contributed by atoms with Crippen LogP contribution in [0.15, 0.2) is 42.5 Å². The van der Waals surface area contributed by atoms with Gasteiger partial charge in [-0.2, -0.15) is 0 Å². The summed E-state index contributed by atoms with van der Waals surface area (Å²) in [5, 5.41) is 2.77. The van der Waals surface area contributed by atoms with Crippen LogP contribution in [0.1, 0.15) is 17.5 Å². The number of amides is 2. The van der Waals surface area contributed by atoms with E-state index in [1.54, 1.807) is 18.2 Å². The summed E-state index contributed by atoms with van der Waals surface area (Å²) < 4.78 is 10.5. The molecule has 1 saturated heterocycles. The number of hydrogen-bond donors (Lipinski definition) is 1. The van der Waals surface area contributed by atoms with Crippen molar-refractivity contribution < 1.29 is 23.9 Å². The Labute approximate surface area is 169 Å². The molecule has 0 aromatic heterocycles. The molecule has 1 fully saturated rings. The van der Waals surface area contributed by atoms with E-state index in [9.17, 15) is 14.4 Å². The van der Waals surface area contributed by atoms with Crippen LogP contribution in [0.2, 0.25) is 0 Å². The highest BCUT2D eigenvalue weighted by Crippen LogP contribution is 2.33. The summed E-state index contributed by atoms with van der Waals surface area (Å²) in [4.78, 5) is 38.5. The quantitative estimate of drug-likeness (QED) is 0.759. The first-order valence-electron chi connectivity index (χ1n) is 9.36. The Morgan fingerprint density at radius 2 is 1.79 bits per heavy atom. The van der Waals surface area contributed by atoms with Crippen LogP contribution in [0.4, 0.5) is 11.4 Å². The fraction of sp³-hybridized carbons (Fsp3) is 0.318. The van der Waals surface area contributed by atoms with Crippen LogP contribution in [-0.2, 0) is 19.1 Å². The lowest BCUT2D eigenvalue weighted by Gasteiger charge is -2.19. The molecule has 1 unspecified atom stereocenters. The predicted octanol–water partition coefficient (Wildman–Crippen LogP) is 2.85. The molecule has 0 bridgehead atoms. The number of nitrogens with zero attached hydrogens (tertiary/aromatic N) is 1. The molecule has 1 N–H and O–H groups in total. The van der Waals surface area contributed by atoms with E-state index in [2.05, 4.69) is 5.32 Å². The van der Waals surface area contributed by atoms with Crippen molar-refractivity contribution in [1.82, 2.24) is 0 Å². The number of carbonyl (C=O) groups excluding carboxylic acids is 3. The minimum atomic E-state index is -0.625. The van der Waals surface area contributed by atoms with Crippen molar-refractivity contribution in [2.75, 3.05) is 30.5 Å². The van der Waals surface area contributed by atoms with Crippen LogP contribution >= 0.6 is 0 Å². The zero-order chi connectivity index (χ0) is 21.0. The summed E-state index contributed by atoms with van der Waals surface area (Å²) in [5.74, 6) is -1.23. The van der Waals surface area contributed by atoms with Crippen molar-refractivity contribution in [2.45, 2.75) is 20.3 Å². The highest BCUT2D eigenvalue weighted by Gasteiger charge is 2.37. The third-order valence-corrected chi connectivity index (χ3v) is 4.93. The van der Waals surface area contributed by atoms with E-state index in [-0.39, 0.29) is 18.9 Å². The fourth-order valence-corrected chi connectivity index (χ4v) is 3.39. The fourth-order valence-electron chi connectivity index (χ4n) is 3.39. The zero-order valence-electron chi connectivity index (χ0n) is 16.7. The number of methoxy groups -OCH3 is 1. The smallest absolute Gasteiger partial charge is 0.311 e. The number of esters is 1. The molecular weight excluding hydrogens is 372 g/mol. The van der Waals surface area contributed by atoms with Crippen LogP contribution in [0.3, 0.4) is 0 Å². The summed E-state index contributed by atoms with van der Waals surface area (Å²) in [6.07, 6.45) is 0.0371. The van der Waals surface area contributed by atoms with Crippen molar-refractivity contribution in [3.8, 4) is 5.75 Å². The van der Waals surface area contributed by atoms with Crippen LogP contribution in [-0.4, -0.2) is 38.0 Å². The Balaban J connectivity index is 1.58. The van der Waals surface area contributed by atoms with Crippen LogP contribution in [0, 0.1) is 19.8 Å². The van der Waals surface area contributed by atoms with Crippen molar-refractivity contribution in [3.63, 3.8) is 0 Å². The molecule has 0 radical (unpaired) electrons. The van der Waals surface area contributed by atoms with Gasteiger partial charge in [-0.1, -0.05) is 30.3 Å². The molecule has 7 heteroatoms. The first-order valence-corrected chi connectivity index (χ1v) is 9.36. The third kappa shape index (κ3) is 4.56. The van der Waals surface area contributed by atoms with Crippen LogP contribution in [0.5, 0.6) is 5.75 Å². The molecule has 152 valence electrons. The molecule has 1 aliphatic rings. The number of para-hydroxylation sites is 3. The van der Waals surface area contributed by atoms with Gasteiger partial charge in [-0.3, -0.25) is 14.4 Å². The number of benzene rings is 2. The Hall–Kier alpha value is -3.35. The Bertz CT molecular complexity index is 920. The molecule has 1 atom stereocenters. The second-order valence-corrected chi connectivity index (χ2v) is 7.00. The van der Waals surface area contributed by atoms with Crippen LogP contribution in [0.25, 0.3) is 0 Å². The van der Waals surface area contributed by atoms with Gasteiger partial charge in [0.25, 0.3) is 5.91 Å². The van der Waals surface area contributed by atoms with E-state index in [0.29, 0.717) is 17.1 Å². The summed E-state index contributed by atoms with van der Waals surface area (Å²) in [6.45, 7) is 3.58. The molecule has 2 aromatic carbocycles. The van der Waals surface area contributed by atoms with Gasteiger partial charge in [0.2, 0.25) is 5.91 Å². The number of carbonyl (C=O) groups is 3. The number of hydrogen-bond acceptors (Lipinski definition) is 5. The summed E-state index contributed by atoms with van der Waals surface area (Å²) in [5.41, 5.74) is 3.19. The lowest BCUT2D eigenvalue weighted by molar-refractivity contribution is -0.151. The number of nitrogens with one attached hydrogen (secondary N) is 1. The van der Waals surface area contributed by atoms with Gasteiger partial charge in [-0.15, -0.1) is 0 Å². The van der Waals surface area contributed by atoms with Crippen molar-refractivity contribution in [2.24, 2.45) is 5.92 Å². The second kappa shape index (κ2) is 8.77. The average molecular weight is 396 g/mol. The third-order valence-electron chi connectivity index (χ3n) is 4.93. The zero-order valence-corrected chi connectivity index (χ0v) is 16.7. The summed E-state index contributed by atoms with van der Waals surface area (Å²) >= 11 is 0. The van der Waals surface area contributed by atoms with Gasteiger partial charge in [0.05, 0.1) is 18.7 Å². The predicted molar refractivity (Wildman–Crippen MR) is 109 cm³/mol. The molecule has 0 aliphatic carbocycles. The number of rotatable bonds is 6. The number of ether oxygens (including phenoxy) is 2. The monoisotopic (exact) mass is 396 g/mol. The van der Waals surface area contributed by atoms with Gasteiger partial charge in [-0.05, 0) is 37.1 Å². The summed E-state index contributed by atoms with van der Waals surface area (Å²) in [6, 6.07) is 12.8. The van der Waals surface area contributed by atoms with Crippen molar-refractivity contribution in [1.29, 1.82) is 0 Å². The van der Waals surface area contributed by atoms with Gasteiger partial charge in [0.1, 0.15) is 5.75 Å². The van der Waals surface area contributed by atoms with Gasteiger partial charge < -0.3 is 19.7 Å². The van der Waals surface area contributed by atoms with Gasteiger partial charge >= 0.3 is 5.97 Å². The molecule has 1 heterocycles. The van der Waals surface area contributed by atoms with E-state index in [4.69, 9.17) is 9.47 Å². The molecular formula is C22H24N2O5. The first kappa shape index (κ1) is 20.4. The molecule has 2 amide bonds. The molecule has 7 nitrogen and oxygen atoms in total. The summed E-state index contributed by atoms with van der Waals surface area (Å²) in [7, 11) is 1.53. The topological polar surface area (TPSA) is 84.9 Å². The Kier molecular flexibility index (Phi) is 6.16. The maximum atomic E-state index is 12.4. The van der Waals surface area contributed by atoms with E-state index >= 15 is 0 Å². The van der Waals surface area contributed by atoms with Crippen molar-refractivity contribution >= 4 is 29.2 Å². The lowest BCUT2D eigenvalue weighted by Crippen LogP contribution is -2.28. The first-order chi connectivity index (χ1) is 13.9. The average Bonchev–Trinajstić information content (AvgIpc) is 3.10. The van der Waals surface area contributed by atoms with Gasteiger partial charge in [0, 0.05) is 18.7 Å². The molecule has 0 spiro atoms. The lowest BCUT2D eigenvalue weighted by atomic mass is 10.1. The number of aryl methyl sites for hydroxylation is 2. The molecule has 0 saturated carbocycles.